The van der Waals surface area contributed by atoms with Crippen molar-refractivity contribution in [2.45, 2.75) is 58.4 Å². The topological polar surface area (TPSA) is 90.9 Å². The summed E-state index contributed by atoms with van der Waals surface area (Å²) in [4.78, 5) is 37.6. The van der Waals surface area contributed by atoms with Gasteiger partial charge in [0.1, 0.15) is 5.75 Å². The summed E-state index contributed by atoms with van der Waals surface area (Å²) in [6.07, 6.45) is 6.10. The van der Waals surface area contributed by atoms with Crippen LogP contribution in [0.1, 0.15) is 72.2 Å². The van der Waals surface area contributed by atoms with Gasteiger partial charge in [-0.2, -0.15) is 0 Å². The lowest BCUT2D eigenvalue weighted by molar-refractivity contribution is -0.118. The van der Waals surface area contributed by atoms with Crippen molar-refractivity contribution in [3.8, 4) is 17.2 Å². The van der Waals surface area contributed by atoms with Crippen LogP contribution < -0.4 is 19.5 Å². The van der Waals surface area contributed by atoms with Crippen LogP contribution in [0, 0.1) is 0 Å². The highest BCUT2D eigenvalue weighted by Crippen LogP contribution is 2.29. The molecule has 1 unspecified atom stereocenters. The Morgan fingerprint density at radius 1 is 0.821 bits per heavy atom. The van der Waals surface area contributed by atoms with Gasteiger partial charge in [-0.15, -0.1) is 0 Å². The van der Waals surface area contributed by atoms with Gasteiger partial charge < -0.3 is 19.5 Å². The average molecular weight is 532 g/mol. The molecule has 39 heavy (non-hydrogen) atoms. The van der Waals surface area contributed by atoms with E-state index in [1.807, 2.05) is 6.07 Å². The number of esters is 1. The monoisotopic (exact) mass is 531 g/mol. The summed E-state index contributed by atoms with van der Waals surface area (Å²) in [5, 5.41) is 2.79. The number of ether oxygens (including phenoxy) is 3. The Hall–Kier alpha value is -4.13. The Bertz CT molecular complexity index is 1220. The van der Waals surface area contributed by atoms with E-state index in [4.69, 9.17) is 14.2 Å². The van der Waals surface area contributed by atoms with Crippen LogP contribution in [0.5, 0.6) is 17.2 Å². The Kier molecular flexibility index (Phi) is 11.6. The molecule has 0 heterocycles. The third-order valence-corrected chi connectivity index (χ3v) is 6.31. The Balaban J connectivity index is 1.59. The van der Waals surface area contributed by atoms with E-state index in [9.17, 15) is 14.4 Å². The quantitative estimate of drug-likeness (QED) is 0.143. The van der Waals surface area contributed by atoms with Crippen molar-refractivity contribution in [3.05, 3.63) is 89.5 Å². The van der Waals surface area contributed by atoms with Crippen molar-refractivity contribution >= 4 is 17.7 Å². The zero-order chi connectivity index (χ0) is 28.0. The first-order valence-electron chi connectivity index (χ1n) is 13.4. The number of methoxy groups -OCH3 is 1. The predicted molar refractivity (Wildman–Crippen MR) is 151 cm³/mol. The second-order valence-corrected chi connectivity index (χ2v) is 9.37. The molecule has 0 aromatic heterocycles. The number of nitrogens with one attached hydrogen (secondary N) is 1. The SMILES string of the molecule is CCCCCCCOc1ccc(C(=O)Oc2ccc(CC(NC(=O)c3ccccc3)C(C)=O)cc2OC)cc1. The van der Waals surface area contributed by atoms with Gasteiger partial charge in [0.2, 0.25) is 0 Å². The molecule has 0 radical (unpaired) electrons. The minimum Gasteiger partial charge on any atom is -0.494 e. The number of rotatable bonds is 15. The largest absolute Gasteiger partial charge is 0.494 e. The molecule has 0 saturated heterocycles. The molecule has 3 rings (SSSR count). The molecular formula is C32H37NO6. The summed E-state index contributed by atoms with van der Waals surface area (Å²) in [6, 6.07) is 19.9. The standard InChI is InChI=1S/C32H37NO6/c1-4-5-6-7-11-20-38-27-17-15-26(16-18-27)32(36)39-29-19-14-24(22-30(29)37-3)21-28(23(2)34)33-31(35)25-12-9-8-10-13-25/h8-10,12-19,22,28H,4-7,11,20-21H2,1-3H3,(H,33,35). The Morgan fingerprint density at radius 3 is 2.21 bits per heavy atom. The lowest BCUT2D eigenvalue weighted by Gasteiger charge is -2.17. The second kappa shape index (κ2) is 15.3. The minimum absolute atomic E-state index is 0.169. The van der Waals surface area contributed by atoms with Gasteiger partial charge in [0.05, 0.1) is 25.3 Å². The van der Waals surface area contributed by atoms with Gasteiger partial charge in [-0.05, 0) is 73.9 Å². The summed E-state index contributed by atoms with van der Waals surface area (Å²) in [7, 11) is 1.48. The highest BCUT2D eigenvalue weighted by molar-refractivity contribution is 5.97. The molecule has 7 heteroatoms. The molecule has 0 aliphatic heterocycles. The lowest BCUT2D eigenvalue weighted by atomic mass is 10.0. The van der Waals surface area contributed by atoms with E-state index in [1.54, 1.807) is 66.7 Å². The fourth-order valence-corrected chi connectivity index (χ4v) is 4.03. The molecule has 1 atom stereocenters. The van der Waals surface area contributed by atoms with Crippen molar-refractivity contribution in [1.82, 2.24) is 5.32 Å². The molecule has 7 nitrogen and oxygen atoms in total. The van der Waals surface area contributed by atoms with Gasteiger partial charge in [-0.3, -0.25) is 9.59 Å². The van der Waals surface area contributed by atoms with Gasteiger partial charge >= 0.3 is 5.97 Å². The molecular weight excluding hydrogens is 494 g/mol. The van der Waals surface area contributed by atoms with E-state index in [-0.39, 0.29) is 23.9 Å². The van der Waals surface area contributed by atoms with Gasteiger partial charge in [0.25, 0.3) is 5.91 Å². The van der Waals surface area contributed by atoms with Gasteiger partial charge in [-0.25, -0.2) is 4.79 Å². The van der Waals surface area contributed by atoms with Gasteiger partial charge in [0, 0.05) is 5.56 Å². The van der Waals surface area contributed by atoms with Crippen molar-refractivity contribution < 1.29 is 28.6 Å². The van der Waals surface area contributed by atoms with Gasteiger partial charge in [-0.1, -0.05) is 56.9 Å². The second-order valence-electron chi connectivity index (χ2n) is 9.37. The number of ketones is 1. The van der Waals surface area contributed by atoms with E-state index in [0.29, 0.717) is 29.2 Å². The van der Waals surface area contributed by atoms with Gasteiger partial charge in [0.15, 0.2) is 17.3 Å². The molecule has 0 bridgehead atoms. The summed E-state index contributed by atoms with van der Waals surface area (Å²) in [5.74, 6) is 0.300. The zero-order valence-corrected chi connectivity index (χ0v) is 22.9. The van der Waals surface area contributed by atoms with Crippen LogP contribution in [0.15, 0.2) is 72.8 Å². The normalized spacial score (nSPS) is 11.4. The molecule has 0 fully saturated rings. The third-order valence-electron chi connectivity index (χ3n) is 6.31. The van der Waals surface area contributed by atoms with Crippen molar-refractivity contribution in [2.75, 3.05) is 13.7 Å². The third kappa shape index (κ3) is 9.28. The molecule has 3 aromatic carbocycles. The van der Waals surface area contributed by atoms with Crippen LogP contribution in [0.2, 0.25) is 0 Å². The first-order valence-corrected chi connectivity index (χ1v) is 13.4. The molecule has 0 aliphatic carbocycles. The molecule has 0 saturated carbocycles. The Labute approximate surface area is 230 Å². The summed E-state index contributed by atoms with van der Waals surface area (Å²) < 4.78 is 16.8. The van der Waals surface area contributed by atoms with Crippen LogP contribution in [0.4, 0.5) is 0 Å². The fourth-order valence-electron chi connectivity index (χ4n) is 4.03. The number of benzene rings is 3. The van der Waals surface area contributed by atoms with Crippen LogP contribution in [-0.2, 0) is 11.2 Å². The Morgan fingerprint density at radius 2 is 1.54 bits per heavy atom. The molecule has 0 aliphatic rings. The predicted octanol–water partition coefficient (Wildman–Crippen LogP) is 6.19. The molecule has 206 valence electrons. The molecule has 1 amide bonds. The van der Waals surface area contributed by atoms with Crippen molar-refractivity contribution in [3.63, 3.8) is 0 Å². The van der Waals surface area contributed by atoms with Crippen molar-refractivity contribution in [1.29, 1.82) is 0 Å². The first kappa shape index (κ1) is 29.4. The number of hydrogen-bond acceptors (Lipinski definition) is 6. The highest BCUT2D eigenvalue weighted by Gasteiger charge is 2.20. The maximum Gasteiger partial charge on any atom is 0.343 e. The first-order chi connectivity index (χ1) is 18.9. The lowest BCUT2D eigenvalue weighted by Crippen LogP contribution is -2.41. The average Bonchev–Trinajstić information content (AvgIpc) is 2.95. The fraction of sp³-hybridized carbons (Fsp3) is 0.344. The minimum atomic E-state index is -0.715. The van der Waals surface area contributed by atoms with Crippen LogP contribution in [0.3, 0.4) is 0 Å². The molecule has 0 spiro atoms. The van der Waals surface area contributed by atoms with E-state index in [1.165, 1.54) is 33.3 Å². The maximum atomic E-state index is 12.8. The number of hydrogen-bond donors (Lipinski definition) is 1. The van der Waals surface area contributed by atoms with E-state index < -0.39 is 12.0 Å². The van der Waals surface area contributed by atoms with E-state index >= 15 is 0 Å². The number of amides is 1. The maximum absolute atomic E-state index is 12.8. The smallest absolute Gasteiger partial charge is 0.343 e. The summed E-state index contributed by atoms with van der Waals surface area (Å²) in [6.45, 7) is 4.28. The van der Waals surface area contributed by atoms with Crippen LogP contribution in [-0.4, -0.2) is 37.4 Å². The number of unbranched alkanes of at least 4 members (excludes halogenated alkanes) is 4. The zero-order valence-electron chi connectivity index (χ0n) is 22.9. The number of Topliss-reactive ketones (excluding diaryl/α,β-unsaturated/α-hetero) is 1. The van der Waals surface area contributed by atoms with E-state index in [2.05, 4.69) is 12.2 Å². The number of carbonyl (C=O) groups excluding carboxylic acids is 3. The highest BCUT2D eigenvalue weighted by atomic mass is 16.6. The van der Waals surface area contributed by atoms with Crippen LogP contribution >= 0.6 is 0 Å². The summed E-state index contributed by atoms with van der Waals surface area (Å²) in [5.41, 5.74) is 1.61. The van der Waals surface area contributed by atoms with E-state index in [0.717, 1.165) is 18.4 Å². The molecule has 1 N–H and O–H groups in total. The molecule has 3 aromatic rings. The number of carbonyl (C=O) groups is 3. The van der Waals surface area contributed by atoms with Crippen molar-refractivity contribution in [2.24, 2.45) is 0 Å². The summed E-state index contributed by atoms with van der Waals surface area (Å²) >= 11 is 0. The van der Waals surface area contributed by atoms with Crippen LogP contribution in [0.25, 0.3) is 0 Å².